The van der Waals surface area contributed by atoms with Gasteiger partial charge in [0.25, 0.3) is 0 Å². The highest BCUT2D eigenvalue weighted by Crippen LogP contribution is 2.35. The lowest BCUT2D eigenvalue weighted by molar-refractivity contribution is -0.147. The second kappa shape index (κ2) is 4.65. The number of fused-ring (bicyclic) bond motifs is 1. The zero-order valence-corrected chi connectivity index (χ0v) is 10.7. The van der Waals surface area contributed by atoms with Gasteiger partial charge in [0.1, 0.15) is 11.4 Å². The lowest BCUT2D eigenvalue weighted by Crippen LogP contribution is -2.67. The van der Waals surface area contributed by atoms with Crippen LogP contribution in [0.1, 0.15) is 5.56 Å². The normalized spacial score (nSPS) is 25.6. The van der Waals surface area contributed by atoms with Crippen molar-refractivity contribution in [2.45, 2.75) is 17.8 Å². The monoisotopic (exact) mass is 262 g/mol. The Balaban J connectivity index is 1.57. The number of carbonyl (C=O) groups excluding carboxylic acids is 2. The maximum Gasteiger partial charge on any atom is 0.249 e. The molecule has 2 fully saturated rings. The minimum Gasteiger partial charge on any atom is -0.341 e. The first-order chi connectivity index (χ1) is 8.75. The van der Waals surface area contributed by atoms with Crippen LogP contribution in [0.3, 0.4) is 0 Å². The minimum absolute atomic E-state index is 0.0615. The van der Waals surface area contributed by atoms with E-state index in [9.17, 15) is 9.59 Å². The molecule has 0 aliphatic carbocycles. The second-order valence-electron chi connectivity index (χ2n) is 4.50. The lowest BCUT2D eigenvalue weighted by Gasteiger charge is -2.41. The van der Waals surface area contributed by atoms with Crippen LogP contribution < -0.4 is 5.32 Å². The minimum atomic E-state index is -0.311. The maximum atomic E-state index is 11.9. The number of hydrogen-bond donors (Lipinski definition) is 1. The van der Waals surface area contributed by atoms with E-state index in [4.69, 9.17) is 0 Å². The Morgan fingerprint density at radius 2 is 2.17 bits per heavy atom. The summed E-state index contributed by atoms with van der Waals surface area (Å²) in [7, 11) is 0. The molecule has 1 N–H and O–H groups in total. The average Bonchev–Trinajstić information content (AvgIpc) is 2.82. The van der Waals surface area contributed by atoms with E-state index in [0.29, 0.717) is 6.42 Å². The number of hydrogen-bond acceptors (Lipinski definition) is 3. The zero-order chi connectivity index (χ0) is 12.5. The maximum absolute atomic E-state index is 11.9. The predicted molar refractivity (Wildman–Crippen MR) is 70.0 cm³/mol. The van der Waals surface area contributed by atoms with Crippen LogP contribution in [0.5, 0.6) is 0 Å². The van der Waals surface area contributed by atoms with Gasteiger partial charge in [-0.1, -0.05) is 30.3 Å². The standard InChI is InChI=1S/C13H14N2O2S/c16-10(8-9-4-2-1-3-5-9)14-11-12(17)15-6-7-18-13(11)15/h1-5,11,13H,6-8H2,(H,14,16). The molecule has 0 aromatic heterocycles. The molecule has 2 aliphatic heterocycles. The van der Waals surface area contributed by atoms with Crippen LogP contribution in [-0.4, -0.2) is 40.4 Å². The van der Waals surface area contributed by atoms with Crippen molar-refractivity contribution < 1.29 is 9.59 Å². The fraction of sp³-hybridized carbons (Fsp3) is 0.385. The third-order valence-electron chi connectivity index (χ3n) is 3.29. The molecule has 0 radical (unpaired) electrons. The van der Waals surface area contributed by atoms with Crippen LogP contribution >= 0.6 is 11.8 Å². The Hall–Kier alpha value is -1.49. The number of nitrogens with one attached hydrogen (secondary N) is 1. The van der Waals surface area contributed by atoms with Crippen LogP contribution in [0, 0.1) is 0 Å². The molecule has 2 heterocycles. The van der Waals surface area contributed by atoms with Crippen LogP contribution in [-0.2, 0) is 16.0 Å². The summed E-state index contributed by atoms with van der Waals surface area (Å²) < 4.78 is 0. The highest BCUT2D eigenvalue weighted by Gasteiger charge is 2.50. The quantitative estimate of drug-likeness (QED) is 0.813. The Morgan fingerprint density at radius 3 is 2.94 bits per heavy atom. The molecule has 2 unspecified atom stereocenters. The molecule has 0 bridgehead atoms. The van der Waals surface area contributed by atoms with Crippen LogP contribution in [0.4, 0.5) is 0 Å². The number of nitrogens with zero attached hydrogens (tertiary/aromatic N) is 1. The van der Waals surface area contributed by atoms with Gasteiger partial charge in [0.15, 0.2) is 0 Å². The fourth-order valence-corrected chi connectivity index (χ4v) is 3.67. The van der Waals surface area contributed by atoms with Crippen molar-refractivity contribution in [2.24, 2.45) is 0 Å². The van der Waals surface area contributed by atoms with Crippen LogP contribution in [0.25, 0.3) is 0 Å². The molecule has 0 saturated carbocycles. The summed E-state index contributed by atoms with van der Waals surface area (Å²) in [6.45, 7) is 0.819. The summed E-state index contributed by atoms with van der Waals surface area (Å²) in [5.74, 6) is 0.958. The van der Waals surface area contributed by atoms with Crippen LogP contribution in [0.2, 0.25) is 0 Å². The van der Waals surface area contributed by atoms with E-state index in [0.717, 1.165) is 17.9 Å². The number of amides is 2. The Labute approximate surface area is 110 Å². The summed E-state index contributed by atoms with van der Waals surface area (Å²) in [5.41, 5.74) is 0.970. The van der Waals surface area contributed by atoms with Crippen molar-refractivity contribution in [1.29, 1.82) is 0 Å². The molecule has 2 amide bonds. The van der Waals surface area contributed by atoms with Gasteiger partial charge in [-0.2, -0.15) is 0 Å². The summed E-state index contributed by atoms with van der Waals surface area (Å²) in [6, 6.07) is 9.26. The summed E-state index contributed by atoms with van der Waals surface area (Å²) in [5, 5.41) is 3.00. The Kier molecular flexibility index (Phi) is 2.99. The molecule has 2 aliphatic rings. The van der Waals surface area contributed by atoms with Gasteiger partial charge in [-0.15, -0.1) is 11.8 Å². The van der Waals surface area contributed by atoms with E-state index in [1.165, 1.54) is 0 Å². The summed E-state index contributed by atoms with van der Waals surface area (Å²) in [4.78, 5) is 25.4. The first-order valence-electron chi connectivity index (χ1n) is 6.01. The van der Waals surface area contributed by atoms with Crippen molar-refractivity contribution in [1.82, 2.24) is 10.2 Å². The van der Waals surface area contributed by atoms with E-state index in [1.807, 2.05) is 35.2 Å². The molecule has 18 heavy (non-hydrogen) atoms. The first-order valence-corrected chi connectivity index (χ1v) is 7.06. The van der Waals surface area contributed by atoms with E-state index >= 15 is 0 Å². The fourth-order valence-electron chi connectivity index (χ4n) is 2.36. The Morgan fingerprint density at radius 1 is 1.39 bits per heavy atom. The van der Waals surface area contributed by atoms with Gasteiger partial charge in [0.05, 0.1) is 6.42 Å². The number of carbonyl (C=O) groups is 2. The van der Waals surface area contributed by atoms with Gasteiger partial charge in [-0.3, -0.25) is 9.59 Å². The van der Waals surface area contributed by atoms with Gasteiger partial charge in [0.2, 0.25) is 11.8 Å². The highest BCUT2D eigenvalue weighted by molar-refractivity contribution is 8.00. The molecule has 3 rings (SSSR count). The molecular weight excluding hydrogens is 248 g/mol. The lowest BCUT2D eigenvalue weighted by atomic mass is 10.1. The van der Waals surface area contributed by atoms with E-state index in [1.54, 1.807) is 11.8 Å². The van der Waals surface area contributed by atoms with E-state index in [-0.39, 0.29) is 23.2 Å². The Bertz CT molecular complexity index is 477. The molecule has 2 atom stereocenters. The van der Waals surface area contributed by atoms with Gasteiger partial charge in [-0.05, 0) is 5.56 Å². The molecule has 2 saturated heterocycles. The van der Waals surface area contributed by atoms with Crippen molar-refractivity contribution in [2.75, 3.05) is 12.3 Å². The SMILES string of the molecule is O=C(Cc1ccccc1)NC1C(=O)N2CCSC12. The van der Waals surface area contributed by atoms with Gasteiger partial charge >= 0.3 is 0 Å². The number of β-lactam (4-membered cyclic amide) rings is 1. The van der Waals surface area contributed by atoms with Crippen molar-refractivity contribution in [3.05, 3.63) is 35.9 Å². The number of benzene rings is 1. The molecular formula is C13H14N2O2S. The second-order valence-corrected chi connectivity index (χ2v) is 5.73. The number of rotatable bonds is 3. The van der Waals surface area contributed by atoms with Gasteiger partial charge < -0.3 is 10.2 Å². The topological polar surface area (TPSA) is 49.4 Å². The van der Waals surface area contributed by atoms with Crippen molar-refractivity contribution in [3.8, 4) is 0 Å². The summed E-state index contributed by atoms with van der Waals surface area (Å²) >= 11 is 1.74. The molecule has 1 aromatic rings. The van der Waals surface area contributed by atoms with E-state index < -0.39 is 0 Å². The van der Waals surface area contributed by atoms with E-state index in [2.05, 4.69) is 5.32 Å². The smallest absolute Gasteiger partial charge is 0.249 e. The molecule has 5 heteroatoms. The number of thioether (sulfide) groups is 1. The molecule has 1 aromatic carbocycles. The largest absolute Gasteiger partial charge is 0.341 e. The molecule has 4 nitrogen and oxygen atoms in total. The van der Waals surface area contributed by atoms with Crippen molar-refractivity contribution >= 4 is 23.6 Å². The van der Waals surface area contributed by atoms with Gasteiger partial charge in [0, 0.05) is 12.3 Å². The van der Waals surface area contributed by atoms with Crippen LogP contribution in [0.15, 0.2) is 30.3 Å². The first kappa shape index (κ1) is 11.6. The molecule has 0 spiro atoms. The average molecular weight is 262 g/mol. The van der Waals surface area contributed by atoms with Crippen molar-refractivity contribution in [3.63, 3.8) is 0 Å². The molecule has 94 valence electrons. The third-order valence-corrected chi connectivity index (χ3v) is 4.57. The highest BCUT2D eigenvalue weighted by atomic mass is 32.2. The van der Waals surface area contributed by atoms with Gasteiger partial charge in [-0.25, -0.2) is 0 Å². The summed E-state index contributed by atoms with van der Waals surface area (Å²) in [6.07, 6.45) is 0.335. The zero-order valence-electron chi connectivity index (χ0n) is 9.83. The predicted octanol–water partition coefficient (Wildman–Crippen LogP) is 0.629. The third kappa shape index (κ3) is 1.99.